The summed E-state index contributed by atoms with van der Waals surface area (Å²) in [5.74, 6) is -8.94. The average Bonchev–Trinajstić information content (AvgIpc) is 2.70. The molecule has 2 fully saturated rings. The number of hydrogen-bond acceptors (Lipinski definition) is 9. The minimum atomic E-state index is -2.64. The number of benzene rings is 1. The number of aliphatic hydroxyl groups excluding tert-OH is 1. The van der Waals surface area contributed by atoms with Crippen molar-refractivity contribution in [2.45, 2.75) is 30.6 Å². The van der Waals surface area contributed by atoms with Gasteiger partial charge >= 0.3 is 0 Å². The summed E-state index contributed by atoms with van der Waals surface area (Å²) in [6.45, 7) is 0. The summed E-state index contributed by atoms with van der Waals surface area (Å²) in [7, 11) is 6.83. The second-order valence-corrected chi connectivity index (χ2v) is 9.82. The molecule has 1 aromatic rings. The molecule has 178 valence electrons. The van der Waals surface area contributed by atoms with Gasteiger partial charge in [0, 0.05) is 31.7 Å². The van der Waals surface area contributed by atoms with Crippen LogP contribution in [0.2, 0.25) is 0 Å². The second kappa shape index (κ2) is 7.61. The van der Waals surface area contributed by atoms with Crippen LogP contribution < -0.4 is 10.6 Å². The number of phenolic OH excluding ortho intramolecular Hbond substituents is 1. The van der Waals surface area contributed by atoms with Crippen molar-refractivity contribution in [1.29, 1.82) is 0 Å². The molecule has 4 rings (SSSR count). The largest absolute Gasteiger partial charge is 0.507 e. The highest BCUT2D eigenvalue weighted by Crippen LogP contribution is 2.52. The fourth-order valence-corrected chi connectivity index (χ4v) is 6.22. The van der Waals surface area contributed by atoms with Crippen LogP contribution in [0.3, 0.4) is 0 Å². The molecule has 0 aliphatic heterocycles. The number of aliphatic hydroxyl groups is 2. The molecule has 0 radical (unpaired) electrons. The predicted octanol–water partition coefficient (Wildman–Crippen LogP) is -1.28. The molecule has 2 saturated carbocycles. The van der Waals surface area contributed by atoms with Gasteiger partial charge < -0.3 is 30.9 Å². The number of nitrogens with zero attached hydrogens (tertiary/aromatic N) is 2. The van der Waals surface area contributed by atoms with Crippen LogP contribution in [0.5, 0.6) is 5.75 Å². The molecule has 7 unspecified atom stereocenters. The Kier molecular flexibility index (Phi) is 5.38. The highest BCUT2D eigenvalue weighted by atomic mass is 16.3. The molecule has 33 heavy (non-hydrogen) atoms. The van der Waals surface area contributed by atoms with Crippen molar-refractivity contribution < 1.29 is 34.5 Å². The molecule has 10 nitrogen and oxygen atoms in total. The number of rotatable bonds is 3. The number of carbonyl (C=O) groups is 4. The van der Waals surface area contributed by atoms with Crippen LogP contribution in [0.25, 0.3) is 0 Å². The molecule has 10 heteroatoms. The van der Waals surface area contributed by atoms with Gasteiger partial charge in [0.05, 0.1) is 17.6 Å². The smallest absolute Gasteiger partial charge is 0.230 e. The Hall–Kier alpha value is -2.82. The molecule has 0 bridgehead atoms. The van der Waals surface area contributed by atoms with Gasteiger partial charge in [-0.3, -0.25) is 19.2 Å². The van der Waals surface area contributed by atoms with Crippen LogP contribution >= 0.6 is 0 Å². The van der Waals surface area contributed by atoms with Gasteiger partial charge in [0.1, 0.15) is 11.7 Å². The third-order valence-electron chi connectivity index (χ3n) is 7.63. The van der Waals surface area contributed by atoms with Crippen molar-refractivity contribution in [3.05, 3.63) is 23.3 Å². The Morgan fingerprint density at radius 1 is 1.12 bits per heavy atom. The highest BCUT2D eigenvalue weighted by molar-refractivity contribution is 6.25. The van der Waals surface area contributed by atoms with E-state index in [4.69, 9.17) is 5.73 Å². The number of fused-ring (bicyclic) bond motifs is 3. The van der Waals surface area contributed by atoms with Crippen LogP contribution in [0, 0.1) is 23.7 Å². The first-order valence-corrected chi connectivity index (χ1v) is 10.8. The van der Waals surface area contributed by atoms with Crippen molar-refractivity contribution in [1.82, 2.24) is 4.90 Å². The monoisotopic (exact) mass is 459 g/mol. The molecule has 1 amide bonds. The average molecular weight is 459 g/mol. The third kappa shape index (κ3) is 3.04. The SMILES string of the molecule is CN(C)c1ccc(O)c2c1CC1CC3C(N(C)C)C(O)C(C(N)=O)C(=O)C3(O)C(=O)C1C2=O. The van der Waals surface area contributed by atoms with Crippen LogP contribution in [0.4, 0.5) is 5.69 Å². The molecule has 0 saturated heterocycles. The first-order valence-electron chi connectivity index (χ1n) is 10.8. The normalized spacial score (nSPS) is 35.7. The molecule has 3 aliphatic carbocycles. The van der Waals surface area contributed by atoms with Gasteiger partial charge in [-0.25, -0.2) is 0 Å². The standard InChI is InChI=1S/C23H29N3O7/c1-25(2)12-5-6-13(27)15-10(12)7-9-8-11-17(26(3)4)19(29)16(22(24)32)21(31)23(11,33)20(30)14(9)18(15)28/h5-6,9,11,14,16-17,19,27,29,33H,7-8H2,1-4H3,(H2,24,32). The van der Waals surface area contributed by atoms with E-state index in [1.165, 1.54) is 6.07 Å². The van der Waals surface area contributed by atoms with E-state index >= 15 is 0 Å². The second-order valence-electron chi connectivity index (χ2n) is 9.82. The number of phenols is 1. The summed E-state index contributed by atoms with van der Waals surface area (Å²) in [5.41, 5.74) is 4.05. The van der Waals surface area contributed by atoms with Gasteiger partial charge in [-0.1, -0.05) is 0 Å². The van der Waals surface area contributed by atoms with Crippen molar-refractivity contribution in [3.8, 4) is 5.75 Å². The summed E-state index contributed by atoms with van der Waals surface area (Å²) in [6.07, 6.45) is -1.14. The maximum atomic E-state index is 13.7. The van der Waals surface area contributed by atoms with Gasteiger partial charge in [-0.05, 0) is 50.6 Å². The van der Waals surface area contributed by atoms with E-state index in [1.54, 1.807) is 44.1 Å². The van der Waals surface area contributed by atoms with E-state index < -0.39 is 64.7 Å². The molecule has 1 aromatic carbocycles. The number of carbonyl (C=O) groups excluding carboxylic acids is 4. The zero-order valence-electron chi connectivity index (χ0n) is 19.0. The Bertz CT molecular complexity index is 1070. The number of anilines is 1. The first kappa shape index (κ1) is 23.3. The van der Waals surface area contributed by atoms with Crippen molar-refractivity contribution in [2.75, 3.05) is 33.1 Å². The van der Waals surface area contributed by atoms with Crippen LogP contribution in [-0.4, -0.2) is 89.4 Å². The summed E-state index contributed by atoms with van der Waals surface area (Å²) >= 11 is 0. The first-order chi connectivity index (χ1) is 15.3. The van der Waals surface area contributed by atoms with Crippen LogP contribution in [0.1, 0.15) is 22.3 Å². The maximum Gasteiger partial charge on any atom is 0.230 e. The molecule has 7 atom stereocenters. The Morgan fingerprint density at radius 2 is 1.76 bits per heavy atom. The highest BCUT2D eigenvalue weighted by Gasteiger charge is 2.69. The zero-order valence-corrected chi connectivity index (χ0v) is 19.0. The van der Waals surface area contributed by atoms with Crippen LogP contribution in [-0.2, 0) is 20.8 Å². The lowest BCUT2D eigenvalue weighted by Crippen LogP contribution is -2.75. The molecular weight excluding hydrogens is 430 g/mol. The number of nitrogens with two attached hydrogens (primary N) is 1. The molecule has 5 N–H and O–H groups in total. The van der Waals surface area contributed by atoms with E-state index in [9.17, 15) is 34.5 Å². The lowest BCUT2D eigenvalue weighted by Gasteiger charge is -2.54. The number of hydrogen-bond donors (Lipinski definition) is 4. The van der Waals surface area contributed by atoms with Gasteiger partial charge in [0.2, 0.25) is 5.91 Å². The van der Waals surface area contributed by atoms with Crippen molar-refractivity contribution >= 4 is 28.9 Å². The van der Waals surface area contributed by atoms with Crippen LogP contribution in [0.15, 0.2) is 12.1 Å². The fraction of sp³-hybridized carbons (Fsp3) is 0.565. The third-order valence-corrected chi connectivity index (χ3v) is 7.63. The number of ketones is 3. The van der Waals surface area contributed by atoms with Gasteiger partial charge in [0.25, 0.3) is 0 Å². The molecular formula is C23H29N3O7. The van der Waals surface area contributed by atoms with E-state index in [0.717, 1.165) is 5.69 Å². The number of primary amides is 1. The zero-order chi connectivity index (χ0) is 24.6. The van der Waals surface area contributed by atoms with E-state index in [2.05, 4.69) is 0 Å². The number of Topliss-reactive ketones (excluding diaryl/α,β-unsaturated/α-hetero) is 3. The Balaban J connectivity index is 1.88. The topological polar surface area (TPSA) is 161 Å². The minimum absolute atomic E-state index is 0.0109. The Morgan fingerprint density at radius 3 is 2.30 bits per heavy atom. The quantitative estimate of drug-likeness (QED) is 0.404. The molecule has 3 aliphatic rings. The number of amides is 1. The van der Waals surface area contributed by atoms with Crippen molar-refractivity contribution in [2.24, 2.45) is 29.4 Å². The fourth-order valence-electron chi connectivity index (χ4n) is 6.22. The summed E-state index contributed by atoms with van der Waals surface area (Å²) in [5, 5.41) is 32.8. The predicted molar refractivity (Wildman–Crippen MR) is 117 cm³/mol. The minimum Gasteiger partial charge on any atom is -0.507 e. The lowest BCUT2D eigenvalue weighted by atomic mass is 9.52. The maximum absolute atomic E-state index is 13.7. The van der Waals surface area contributed by atoms with E-state index in [1.807, 2.05) is 0 Å². The lowest BCUT2D eigenvalue weighted by molar-refractivity contribution is -0.190. The van der Waals surface area contributed by atoms with Gasteiger partial charge in [0.15, 0.2) is 23.0 Å². The summed E-state index contributed by atoms with van der Waals surface area (Å²) in [4.78, 5) is 55.8. The van der Waals surface area contributed by atoms with Crippen molar-refractivity contribution in [3.63, 3.8) is 0 Å². The van der Waals surface area contributed by atoms with Gasteiger partial charge in [-0.2, -0.15) is 0 Å². The molecule has 0 spiro atoms. The number of aromatic hydroxyl groups is 1. The summed E-state index contributed by atoms with van der Waals surface area (Å²) in [6, 6.07) is 2.16. The molecule has 0 aromatic heterocycles. The van der Waals surface area contributed by atoms with E-state index in [0.29, 0.717) is 5.56 Å². The van der Waals surface area contributed by atoms with E-state index in [-0.39, 0.29) is 24.2 Å². The summed E-state index contributed by atoms with van der Waals surface area (Å²) < 4.78 is 0. The van der Waals surface area contributed by atoms with Gasteiger partial charge in [-0.15, -0.1) is 0 Å². The Labute approximate surface area is 191 Å². The molecule has 0 heterocycles. The number of likely N-dealkylation sites (N-methyl/N-ethyl adjacent to an activating group) is 1.